The Balaban J connectivity index is 1.92. The molecule has 1 aliphatic carbocycles. The van der Waals surface area contributed by atoms with E-state index < -0.39 is 11.5 Å². The zero-order chi connectivity index (χ0) is 14.0. The topological polar surface area (TPSA) is 75.1 Å². The summed E-state index contributed by atoms with van der Waals surface area (Å²) in [5.74, 6) is -0.264. The minimum absolute atomic E-state index is 0.535. The average Bonchev–Trinajstić information content (AvgIpc) is 2.48. The second-order valence-corrected chi connectivity index (χ2v) is 5.32. The molecule has 0 unspecified atom stereocenters. The molecule has 1 aromatic carbocycles. The Labute approximate surface area is 117 Å². The highest BCUT2D eigenvalue weighted by atomic mass is 16.4. The molecule has 0 atom stereocenters. The van der Waals surface area contributed by atoms with Gasteiger partial charge in [-0.1, -0.05) is 31.4 Å². The predicted molar refractivity (Wildman–Crippen MR) is 76.6 cm³/mol. The Bertz CT molecular complexity index is 636. The van der Waals surface area contributed by atoms with Crippen LogP contribution in [0.3, 0.4) is 0 Å². The number of carboxylic acid groups (broad SMARTS) is 1. The number of aromatic nitrogens is 2. The number of fused-ring (bicyclic) bond motifs is 1. The van der Waals surface area contributed by atoms with Crippen LogP contribution >= 0.6 is 0 Å². The highest BCUT2D eigenvalue weighted by Crippen LogP contribution is 2.31. The third-order valence-corrected chi connectivity index (χ3v) is 3.93. The highest BCUT2D eigenvalue weighted by Gasteiger charge is 2.39. The van der Waals surface area contributed by atoms with Crippen molar-refractivity contribution in [3.63, 3.8) is 0 Å². The van der Waals surface area contributed by atoms with Crippen LogP contribution in [-0.2, 0) is 4.79 Å². The first-order valence-corrected chi connectivity index (χ1v) is 6.93. The molecule has 5 nitrogen and oxygen atoms in total. The maximum absolute atomic E-state index is 11.6. The molecule has 0 bridgehead atoms. The van der Waals surface area contributed by atoms with Crippen molar-refractivity contribution < 1.29 is 9.90 Å². The number of hydrogen-bond donors (Lipinski definition) is 2. The molecule has 5 heteroatoms. The largest absolute Gasteiger partial charge is 0.480 e. The number of rotatable bonds is 3. The van der Waals surface area contributed by atoms with E-state index in [0.29, 0.717) is 18.7 Å². The molecule has 1 aromatic heterocycles. The number of hydrogen-bond acceptors (Lipinski definition) is 4. The minimum atomic E-state index is -0.893. The van der Waals surface area contributed by atoms with Crippen molar-refractivity contribution in [1.82, 2.24) is 9.97 Å². The second kappa shape index (κ2) is 5.07. The Hall–Kier alpha value is -2.17. The van der Waals surface area contributed by atoms with Crippen LogP contribution in [0.4, 0.5) is 5.82 Å². The van der Waals surface area contributed by atoms with Gasteiger partial charge in [0.25, 0.3) is 0 Å². The van der Waals surface area contributed by atoms with E-state index in [4.69, 9.17) is 0 Å². The third-order valence-electron chi connectivity index (χ3n) is 3.93. The molecule has 0 amide bonds. The fourth-order valence-electron chi connectivity index (χ4n) is 2.81. The average molecular weight is 271 g/mol. The normalized spacial score (nSPS) is 17.8. The smallest absolute Gasteiger partial charge is 0.329 e. The molecule has 2 N–H and O–H groups in total. The summed E-state index contributed by atoms with van der Waals surface area (Å²) >= 11 is 0. The van der Waals surface area contributed by atoms with E-state index in [-0.39, 0.29) is 0 Å². The molecule has 0 saturated heterocycles. The standard InChI is InChI=1S/C15H17N3O2/c19-14(20)15(8-4-1-5-9-15)18-13-10-16-11-6-2-3-7-12(11)17-13/h2-3,6-7,10H,1,4-5,8-9H2,(H,17,18)(H,19,20). The van der Waals surface area contributed by atoms with Crippen LogP contribution in [0.15, 0.2) is 30.5 Å². The van der Waals surface area contributed by atoms with Crippen LogP contribution in [0.2, 0.25) is 0 Å². The quantitative estimate of drug-likeness (QED) is 0.897. The first-order valence-electron chi connectivity index (χ1n) is 6.93. The molecular weight excluding hydrogens is 254 g/mol. The number of benzene rings is 1. The number of aliphatic carboxylic acids is 1. The summed E-state index contributed by atoms with van der Waals surface area (Å²) < 4.78 is 0. The molecule has 104 valence electrons. The van der Waals surface area contributed by atoms with Crippen molar-refractivity contribution in [2.24, 2.45) is 0 Å². The minimum Gasteiger partial charge on any atom is -0.480 e. The van der Waals surface area contributed by atoms with Crippen molar-refractivity contribution in [3.8, 4) is 0 Å². The first-order chi connectivity index (χ1) is 9.70. The molecule has 0 spiro atoms. The van der Waals surface area contributed by atoms with Crippen LogP contribution in [0.5, 0.6) is 0 Å². The lowest BCUT2D eigenvalue weighted by Crippen LogP contribution is -2.48. The van der Waals surface area contributed by atoms with Crippen LogP contribution in [0.1, 0.15) is 32.1 Å². The number of carbonyl (C=O) groups is 1. The zero-order valence-corrected chi connectivity index (χ0v) is 11.2. The summed E-state index contributed by atoms with van der Waals surface area (Å²) in [7, 11) is 0. The summed E-state index contributed by atoms with van der Waals surface area (Å²) in [6.45, 7) is 0. The van der Waals surface area contributed by atoms with Gasteiger partial charge >= 0.3 is 5.97 Å². The number of carboxylic acids is 1. The van der Waals surface area contributed by atoms with Crippen LogP contribution < -0.4 is 5.32 Å². The van der Waals surface area contributed by atoms with E-state index in [1.165, 1.54) is 0 Å². The van der Waals surface area contributed by atoms with Crippen molar-refractivity contribution >= 4 is 22.8 Å². The Morgan fingerprint density at radius 2 is 1.85 bits per heavy atom. The third kappa shape index (κ3) is 2.31. The molecule has 1 aliphatic rings. The van der Waals surface area contributed by atoms with Gasteiger partial charge in [0.15, 0.2) is 0 Å². The van der Waals surface area contributed by atoms with Crippen molar-refractivity contribution in [1.29, 1.82) is 0 Å². The molecule has 1 fully saturated rings. The van der Waals surface area contributed by atoms with Crippen LogP contribution in [-0.4, -0.2) is 26.6 Å². The van der Waals surface area contributed by atoms with Crippen molar-refractivity contribution in [2.45, 2.75) is 37.6 Å². The van der Waals surface area contributed by atoms with E-state index in [0.717, 1.165) is 30.3 Å². The molecule has 20 heavy (non-hydrogen) atoms. The lowest BCUT2D eigenvalue weighted by molar-refractivity contribution is -0.143. The van der Waals surface area contributed by atoms with Gasteiger partial charge in [-0.25, -0.2) is 9.78 Å². The summed E-state index contributed by atoms with van der Waals surface area (Å²) in [5.41, 5.74) is 0.690. The van der Waals surface area contributed by atoms with E-state index >= 15 is 0 Å². The fourth-order valence-corrected chi connectivity index (χ4v) is 2.81. The van der Waals surface area contributed by atoms with Gasteiger partial charge in [-0.2, -0.15) is 0 Å². The summed E-state index contributed by atoms with van der Waals surface area (Å²) in [6, 6.07) is 7.57. The van der Waals surface area contributed by atoms with E-state index in [1.54, 1.807) is 6.20 Å². The zero-order valence-electron chi connectivity index (χ0n) is 11.2. The molecule has 3 rings (SSSR count). The number of para-hydroxylation sites is 2. The molecular formula is C15H17N3O2. The summed E-state index contributed by atoms with van der Waals surface area (Å²) in [4.78, 5) is 20.4. The lowest BCUT2D eigenvalue weighted by atomic mass is 9.81. The molecule has 0 aliphatic heterocycles. The van der Waals surface area contributed by atoms with Crippen molar-refractivity contribution in [2.75, 3.05) is 5.32 Å². The molecule has 0 radical (unpaired) electrons. The van der Waals surface area contributed by atoms with E-state index in [1.807, 2.05) is 24.3 Å². The SMILES string of the molecule is O=C(O)C1(Nc2cnc3ccccc3n2)CCCCC1. The van der Waals surface area contributed by atoms with Gasteiger partial charge in [-0.05, 0) is 25.0 Å². The lowest BCUT2D eigenvalue weighted by Gasteiger charge is -2.34. The number of anilines is 1. The second-order valence-electron chi connectivity index (χ2n) is 5.32. The van der Waals surface area contributed by atoms with Gasteiger partial charge in [-0.15, -0.1) is 0 Å². The van der Waals surface area contributed by atoms with Crippen molar-refractivity contribution in [3.05, 3.63) is 30.5 Å². The van der Waals surface area contributed by atoms with E-state index in [2.05, 4.69) is 15.3 Å². The van der Waals surface area contributed by atoms with Gasteiger partial charge in [0, 0.05) is 0 Å². The molecule has 1 saturated carbocycles. The van der Waals surface area contributed by atoms with Gasteiger partial charge in [-0.3, -0.25) is 4.98 Å². The summed E-state index contributed by atoms with van der Waals surface area (Å²) in [6.07, 6.45) is 5.84. The monoisotopic (exact) mass is 271 g/mol. The molecule has 2 aromatic rings. The highest BCUT2D eigenvalue weighted by molar-refractivity contribution is 5.83. The number of nitrogens with one attached hydrogen (secondary N) is 1. The van der Waals surface area contributed by atoms with Crippen LogP contribution in [0, 0.1) is 0 Å². The van der Waals surface area contributed by atoms with Crippen LogP contribution in [0.25, 0.3) is 11.0 Å². The first kappa shape index (κ1) is 12.8. The van der Waals surface area contributed by atoms with Gasteiger partial charge in [0.1, 0.15) is 11.4 Å². The number of nitrogens with zero attached hydrogens (tertiary/aromatic N) is 2. The van der Waals surface area contributed by atoms with E-state index in [9.17, 15) is 9.90 Å². The predicted octanol–water partition coefficient (Wildman–Crippen LogP) is 2.83. The summed E-state index contributed by atoms with van der Waals surface area (Å²) in [5, 5.41) is 12.7. The fraction of sp³-hybridized carbons (Fsp3) is 0.400. The van der Waals surface area contributed by atoms with Gasteiger partial charge in [0.2, 0.25) is 0 Å². The Kier molecular flexibility index (Phi) is 3.26. The van der Waals surface area contributed by atoms with Gasteiger partial charge < -0.3 is 10.4 Å². The molecule has 1 heterocycles. The maximum atomic E-state index is 11.6. The Morgan fingerprint density at radius 1 is 1.15 bits per heavy atom. The Morgan fingerprint density at radius 3 is 2.55 bits per heavy atom. The van der Waals surface area contributed by atoms with Gasteiger partial charge in [0.05, 0.1) is 17.2 Å². The maximum Gasteiger partial charge on any atom is 0.329 e.